The van der Waals surface area contributed by atoms with Gasteiger partial charge in [0, 0.05) is 49.1 Å². The molecule has 0 bridgehead atoms. The van der Waals surface area contributed by atoms with Crippen LogP contribution in [0.2, 0.25) is 0 Å². The Morgan fingerprint density at radius 2 is 0.907 bits per heavy atom. The largest absolute Gasteiger partial charge is 0.310 e. The van der Waals surface area contributed by atoms with Crippen molar-refractivity contribution in [3.8, 4) is 11.4 Å². The Balaban J connectivity index is 1.06. The van der Waals surface area contributed by atoms with E-state index in [0.29, 0.717) is 0 Å². The summed E-state index contributed by atoms with van der Waals surface area (Å²) in [5.41, 5.74) is 12.5. The molecular formula is C51H31N3. The maximum absolute atomic E-state index is 2.53. The third-order valence-corrected chi connectivity index (χ3v) is 12.1. The summed E-state index contributed by atoms with van der Waals surface area (Å²) < 4.78 is 7.39. The van der Waals surface area contributed by atoms with E-state index in [1.807, 2.05) is 0 Å². The van der Waals surface area contributed by atoms with Gasteiger partial charge in [-0.05, 0) is 106 Å². The van der Waals surface area contributed by atoms with Crippen LogP contribution in [0, 0.1) is 0 Å². The Morgan fingerprint density at radius 1 is 0.370 bits per heavy atom. The van der Waals surface area contributed by atoms with E-state index >= 15 is 0 Å². The van der Waals surface area contributed by atoms with E-state index in [-0.39, 0.29) is 0 Å². The van der Waals surface area contributed by atoms with E-state index in [0.717, 1.165) is 6.42 Å². The summed E-state index contributed by atoms with van der Waals surface area (Å²) in [6, 6.07) is 56.7. The first-order chi connectivity index (χ1) is 26.8. The molecule has 0 atom stereocenters. The van der Waals surface area contributed by atoms with Gasteiger partial charge in [-0.15, -0.1) is 0 Å². The highest BCUT2D eigenvalue weighted by atomic mass is 15.0. The van der Waals surface area contributed by atoms with Crippen LogP contribution in [0.4, 0.5) is 0 Å². The molecule has 0 N–H and O–H groups in total. The Hall–Kier alpha value is -7.10. The highest BCUT2D eigenvalue weighted by molar-refractivity contribution is 6.26. The monoisotopic (exact) mass is 685 g/mol. The summed E-state index contributed by atoms with van der Waals surface area (Å²) in [5, 5.41) is 14.1. The number of rotatable bonds is 2. The lowest BCUT2D eigenvalue weighted by Gasteiger charge is -2.11. The molecular weight excluding hydrogens is 655 g/mol. The molecule has 8 aromatic carbocycles. The molecule has 3 nitrogen and oxygen atoms in total. The van der Waals surface area contributed by atoms with Crippen LogP contribution in [0.5, 0.6) is 0 Å². The van der Waals surface area contributed by atoms with Crippen molar-refractivity contribution in [2.45, 2.75) is 6.42 Å². The highest BCUT2D eigenvalue weighted by Gasteiger charge is 2.21. The molecule has 12 aromatic rings. The molecule has 0 radical (unpaired) electrons. The molecule has 0 unspecified atom stereocenters. The van der Waals surface area contributed by atoms with Gasteiger partial charge >= 0.3 is 0 Å². The number of benzene rings is 8. The first-order valence-electron chi connectivity index (χ1n) is 18.8. The number of para-hydroxylation sites is 4. The molecule has 54 heavy (non-hydrogen) atoms. The Kier molecular flexibility index (Phi) is 5.42. The van der Waals surface area contributed by atoms with Crippen LogP contribution in [0.15, 0.2) is 170 Å². The molecule has 3 heteroatoms. The van der Waals surface area contributed by atoms with Crippen molar-refractivity contribution >= 4 is 98.4 Å². The van der Waals surface area contributed by atoms with Gasteiger partial charge in [-0.2, -0.15) is 0 Å². The molecule has 250 valence electrons. The van der Waals surface area contributed by atoms with Crippen molar-refractivity contribution in [3.63, 3.8) is 0 Å². The number of hydrogen-bond acceptors (Lipinski definition) is 0. The first-order valence-corrected chi connectivity index (χ1v) is 18.8. The van der Waals surface area contributed by atoms with Crippen LogP contribution in [0.25, 0.3) is 110 Å². The zero-order valence-corrected chi connectivity index (χ0v) is 29.3. The van der Waals surface area contributed by atoms with Gasteiger partial charge in [-0.3, -0.25) is 0 Å². The molecule has 0 spiro atoms. The fourth-order valence-corrected chi connectivity index (χ4v) is 9.82. The predicted molar refractivity (Wildman–Crippen MR) is 229 cm³/mol. The van der Waals surface area contributed by atoms with Gasteiger partial charge in [0.1, 0.15) is 0 Å². The van der Waals surface area contributed by atoms with Crippen molar-refractivity contribution in [2.24, 2.45) is 0 Å². The van der Waals surface area contributed by atoms with E-state index in [9.17, 15) is 0 Å². The lowest BCUT2D eigenvalue weighted by molar-refractivity contribution is 1.09. The van der Waals surface area contributed by atoms with Crippen molar-refractivity contribution in [2.75, 3.05) is 0 Å². The van der Waals surface area contributed by atoms with E-state index in [4.69, 9.17) is 0 Å². The lowest BCUT2D eigenvalue weighted by atomic mass is 10.0. The molecule has 0 saturated heterocycles. The maximum Gasteiger partial charge on any atom is 0.0620 e. The molecule has 1 aliphatic carbocycles. The van der Waals surface area contributed by atoms with Crippen molar-refractivity contribution in [1.29, 1.82) is 0 Å². The van der Waals surface area contributed by atoms with Gasteiger partial charge < -0.3 is 13.5 Å². The van der Waals surface area contributed by atoms with Gasteiger partial charge in [0.05, 0.1) is 38.8 Å². The van der Waals surface area contributed by atoms with E-state index in [1.54, 1.807) is 0 Å². The van der Waals surface area contributed by atoms with Crippen molar-refractivity contribution in [3.05, 3.63) is 181 Å². The van der Waals surface area contributed by atoms with Gasteiger partial charge in [0.25, 0.3) is 0 Å². The fraction of sp³-hybridized carbons (Fsp3) is 0.0196. The van der Waals surface area contributed by atoms with Crippen LogP contribution in [0.3, 0.4) is 0 Å². The smallest absolute Gasteiger partial charge is 0.0620 e. The molecule has 1 aliphatic rings. The van der Waals surface area contributed by atoms with Crippen LogP contribution in [-0.4, -0.2) is 13.5 Å². The second-order valence-corrected chi connectivity index (χ2v) is 14.9. The van der Waals surface area contributed by atoms with Gasteiger partial charge in [-0.1, -0.05) is 103 Å². The minimum Gasteiger partial charge on any atom is -0.310 e. The number of allylic oxidation sites excluding steroid dienone is 3. The predicted octanol–water partition coefficient (Wildman–Crippen LogP) is 13.3. The number of fused-ring (bicyclic) bond motifs is 14. The fourth-order valence-electron chi connectivity index (χ4n) is 9.82. The quantitative estimate of drug-likeness (QED) is 0.172. The third kappa shape index (κ3) is 3.65. The zero-order chi connectivity index (χ0) is 35.1. The molecule has 13 rings (SSSR count). The van der Waals surface area contributed by atoms with Gasteiger partial charge in [-0.25, -0.2) is 0 Å². The Bertz CT molecular complexity index is 3580. The second-order valence-electron chi connectivity index (χ2n) is 14.9. The topological polar surface area (TPSA) is 14.3 Å². The minimum absolute atomic E-state index is 0.931. The maximum atomic E-state index is 2.53. The van der Waals surface area contributed by atoms with Crippen molar-refractivity contribution in [1.82, 2.24) is 13.5 Å². The first kappa shape index (κ1) is 28.5. The molecule has 0 fully saturated rings. The average molecular weight is 686 g/mol. The average Bonchev–Trinajstić information content (AvgIpc) is 3.87. The number of aromatic nitrogens is 3. The van der Waals surface area contributed by atoms with E-state index in [2.05, 4.69) is 189 Å². The number of hydrogen-bond donors (Lipinski definition) is 0. The highest BCUT2D eigenvalue weighted by Crippen LogP contribution is 2.43. The summed E-state index contributed by atoms with van der Waals surface area (Å²) in [6.45, 7) is 0. The van der Waals surface area contributed by atoms with Crippen LogP contribution in [-0.2, 0) is 6.42 Å². The minimum atomic E-state index is 0.931. The van der Waals surface area contributed by atoms with Gasteiger partial charge in [0.2, 0.25) is 0 Å². The van der Waals surface area contributed by atoms with Crippen molar-refractivity contribution < 1.29 is 0 Å². The molecule has 0 amide bonds. The molecule has 4 heterocycles. The van der Waals surface area contributed by atoms with E-state index in [1.165, 1.54) is 115 Å². The van der Waals surface area contributed by atoms with Crippen LogP contribution < -0.4 is 0 Å². The summed E-state index contributed by atoms with van der Waals surface area (Å²) in [7, 11) is 0. The van der Waals surface area contributed by atoms with Crippen LogP contribution >= 0.6 is 0 Å². The molecule has 0 saturated carbocycles. The van der Waals surface area contributed by atoms with Gasteiger partial charge in [0.15, 0.2) is 0 Å². The summed E-state index contributed by atoms with van der Waals surface area (Å²) in [6.07, 6.45) is 9.79. The van der Waals surface area contributed by atoms with Crippen LogP contribution in [0.1, 0.15) is 11.3 Å². The SMILES string of the molecule is C1=CCc2c(n(-c3ccc4cc5c6cccc7c8cc9ccc(-n%10c%11ccccc%11c%11ccccc%11%10)cc9cc8n(c5cc4c3)c67)c3ccccc23)C=C1. The summed E-state index contributed by atoms with van der Waals surface area (Å²) in [4.78, 5) is 0. The summed E-state index contributed by atoms with van der Waals surface area (Å²) in [5.74, 6) is 0. The third-order valence-electron chi connectivity index (χ3n) is 12.1. The zero-order valence-electron chi connectivity index (χ0n) is 29.3. The summed E-state index contributed by atoms with van der Waals surface area (Å²) >= 11 is 0. The molecule has 0 aliphatic heterocycles. The number of nitrogens with zero attached hydrogens (tertiary/aromatic N) is 3. The second kappa shape index (κ2) is 10.3. The van der Waals surface area contributed by atoms with E-state index < -0.39 is 0 Å². The Morgan fingerprint density at radius 3 is 1.54 bits per heavy atom. The lowest BCUT2D eigenvalue weighted by Crippen LogP contribution is -1.97. The normalized spacial score (nSPS) is 13.3. The standard InChI is InChI=1S/C51H31N3/c1-2-11-37-38-12-4-7-18-46(38)52(45(37)17-3-1)35-23-21-31-27-43-41-15-10-16-42-44-28-32-22-24-36(53-47-19-8-5-13-39(47)40-14-6-9-20-48(40)53)26-34(32)30-50(44)54(51(41)42)49(43)29-33(31)25-35/h1-10,12-30H,11H2. The molecule has 4 aromatic heterocycles. The Labute approximate surface area is 309 Å².